The van der Waals surface area contributed by atoms with Crippen LogP contribution in [0.5, 0.6) is 0 Å². The topological polar surface area (TPSA) is 0 Å². The molecule has 1 aliphatic carbocycles. The maximum atomic E-state index is 2.46. The first-order valence-electron chi connectivity index (χ1n) is 7.85. The Morgan fingerprint density at radius 2 is 1.54 bits per heavy atom. The molecule has 0 saturated carbocycles. The normalized spacial score (nSPS) is 14.2. The molecule has 0 atom stereocenters. The Balaban J connectivity index is 0.000000960. The molecule has 0 bridgehead atoms. The average molecular weight is 482 g/mol. The van der Waals surface area contributed by atoms with E-state index in [4.69, 9.17) is 0 Å². The van der Waals surface area contributed by atoms with Crippen molar-refractivity contribution in [1.82, 2.24) is 0 Å². The molecule has 24 heavy (non-hydrogen) atoms. The van der Waals surface area contributed by atoms with Crippen LogP contribution in [0.25, 0.3) is 10.8 Å². The van der Waals surface area contributed by atoms with Gasteiger partial charge in [0, 0.05) is 25.8 Å². The summed E-state index contributed by atoms with van der Waals surface area (Å²) in [5.41, 5.74) is 6.41. The third-order valence-corrected chi connectivity index (χ3v) is 4.76. The predicted molar refractivity (Wildman–Crippen MR) is 103 cm³/mol. The fraction of sp³-hybridized carbons (Fsp3) is 0.261. The van der Waals surface area contributed by atoms with Crippen LogP contribution in [0, 0.1) is 20.3 Å². The first-order chi connectivity index (χ1) is 10.1. The summed E-state index contributed by atoms with van der Waals surface area (Å²) in [5, 5.41) is 2.87. The molecule has 1 heteroatoms. The van der Waals surface area contributed by atoms with E-state index in [0.717, 1.165) is 6.42 Å². The predicted octanol–water partition coefficient (Wildman–Crippen LogP) is 6.17. The number of hydrogen-bond acceptors (Lipinski definition) is 0. The largest absolute Gasteiger partial charge is 0.358 e. The van der Waals surface area contributed by atoms with Gasteiger partial charge in [0.2, 0.25) is 0 Å². The van der Waals surface area contributed by atoms with Crippen molar-refractivity contribution in [1.29, 1.82) is 0 Å². The van der Waals surface area contributed by atoms with E-state index < -0.39 is 0 Å². The van der Waals surface area contributed by atoms with Gasteiger partial charge in [-0.25, -0.2) is 0 Å². The third kappa shape index (κ3) is 3.94. The Labute approximate surface area is 166 Å². The molecule has 126 valence electrons. The van der Waals surface area contributed by atoms with E-state index in [1.165, 1.54) is 34.7 Å². The molecule has 0 aliphatic heterocycles. The molecule has 0 heterocycles. The van der Waals surface area contributed by atoms with E-state index in [-0.39, 0.29) is 40.7 Å². The molecule has 0 N–H and O–H groups in total. The Morgan fingerprint density at radius 1 is 0.917 bits per heavy atom. The monoisotopic (exact) mass is 483 g/mol. The van der Waals surface area contributed by atoms with Crippen molar-refractivity contribution in [2.24, 2.45) is 5.41 Å². The molecule has 4 rings (SSSR count). The van der Waals surface area contributed by atoms with Crippen molar-refractivity contribution in [2.75, 3.05) is 0 Å². The fourth-order valence-corrected chi connectivity index (χ4v) is 3.80. The smallest absolute Gasteiger partial charge is 0 e. The van der Waals surface area contributed by atoms with Crippen LogP contribution >= 0.6 is 0 Å². The van der Waals surface area contributed by atoms with Crippen molar-refractivity contribution < 1.29 is 25.8 Å². The van der Waals surface area contributed by atoms with Gasteiger partial charge < -0.3 is 14.9 Å². The number of fused-ring (bicyclic) bond motifs is 2. The number of rotatable bonds is 2. The van der Waals surface area contributed by atoms with Gasteiger partial charge in [-0.2, -0.15) is 6.07 Å². The number of benzene rings is 2. The van der Waals surface area contributed by atoms with Gasteiger partial charge in [-0.3, -0.25) is 0 Å². The average Bonchev–Trinajstić information content (AvgIpc) is 2.96. The molecule has 0 saturated heterocycles. The minimum absolute atomic E-state index is 0. The van der Waals surface area contributed by atoms with Gasteiger partial charge in [0.25, 0.3) is 0 Å². The third-order valence-electron chi connectivity index (χ3n) is 4.76. The standard InChI is InChI=1S/C21H21.2CH3.Hf/c1-21(2)13-18-11-17-9-8-16(20(17)12-19(18)14-21)10-15-6-4-3-5-7-15;;;/h3-9,11-12H,10,13-14H2,1-2H3;2*1H3;/q3*-1;. The van der Waals surface area contributed by atoms with Crippen LogP contribution in [0.2, 0.25) is 0 Å². The second kappa shape index (κ2) is 7.87. The van der Waals surface area contributed by atoms with Crippen LogP contribution in [0.1, 0.15) is 36.1 Å². The summed E-state index contributed by atoms with van der Waals surface area (Å²) in [6, 6.07) is 20.2. The zero-order valence-corrected chi connectivity index (χ0v) is 18.9. The summed E-state index contributed by atoms with van der Waals surface area (Å²) in [7, 11) is 0. The summed E-state index contributed by atoms with van der Waals surface area (Å²) in [5.74, 6) is 0. The summed E-state index contributed by atoms with van der Waals surface area (Å²) in [6.07, 6.45) is 3.47. The van der Waals surface area contributed by atoms with Gasteiger partial charge >= 0.3 is 0 Å². The molecule has 3 aromatic carbocycles. The summed E-state index contributed by atoms with van der Waals surface area (Å²) in [4.78, 5) is 0. The van der Waals surface area contributed by atoms with Crippen LogP contribution in [0.3, 0.4) is 0 Å². The molecular formula is C23H27Hf-3. The molecule has 3 aromatic rings. The van der Waals surface area contributed by atoms with Crippen molar-refractivity contribution >= 4 is 10.8 Å². The van der Waals surface area contributed by atoms with Gasteiger partial charge in [-0.1, -0.05) is 60.9 Å². The van der Waals surface area contributed by atoms with Gasteiger partial charge in [0.1, 0.15) is 0 Å². The van der Waals surface area contributed by atoms with Crippen LogP contribution in [0.15, 0.2) is 54.6 Å². The molecule has 0 spiro atoms. The fourth-order valence-electron chi connectivity index (χ4n) is 3.80. The Kier molecular flexibility index (Phi) is 6.87. The summed E-state index contributed by atoms with van der Waals surface area (Å²) >= 11 is 0. The molecule has 0 fully saturated rings. The van der Waals surface area contributed by atoms with Crippen LogP contribution in [-0.2, 0) is 45.1 Å². The van der Waals surface area contributed by atoms with Crippen molar-refractivity contribution in [3.05, 3.63) is 91.7 Å². The van der Waals surface area contributed by atoms with Crippen molar-refractivity contribution in [3.63, 3.8) is 0 Å². The van der Waals surface area contributed by atoms with E-state index in [1.807, 2.05) is 0 Å². The zero-order valence-electron chi connectivity index (χ0n) is 15.3. The molecular weight excluding hydrogens is 455 g/mol. The quantitative estimate of drug-likeness (QED) is 0.303. The SMILES string of the molecule is CC1(C)Cc2cc3cc[c-](Cc4ccccc4)c3cc2C1.[CH3-].[CH3-].[Hf]. The van der Waals surface area contributed by atoms with E-state index in [0.29, 0.717) is 5.41 Å². The Morgan fingerprint density at radius 3 is 2.21 bits per heavy atom. The number of hydrogen-bond donors (Lipinski definition) is 0. The molecule has 0 amide bonds. The van der Waals surface area contributed by atoms with Crippen LogP contribution < -0.4 is 0 Å². The maximum absolute atomic E-state index is 2.46. The minimum Gasteiger partial charge on any atom is -0.358 e. The van der Waals surface area contributed by atoms with E-state index >= 15 is 0 Å². The zero-order chi connectivity index (χ0) is 14.4. The first kappa shape index (κ1) is 21.0. The minimum atomic E-state index is 0. The van der Waals surface area contributed by atoms with Crippen LogP contribution in [0.4, 0.5) is 0 Å². The second-order valence-electron chi connectivity index (χ2n) is 7.25. The molecule has 0 nitrogen and oxygen atoms in total. The molecule has 0 aromatic heterocycles. The van der Waals surface area contributed by atoms with Gasteiger partial charge in [0.05, 0.1) is 0 Å². The van der Waals surface area contributed by atoms with Crippen molar-refractivity contribution in [3.8, 4) is 0 Å². The van der Waals surface area contributed by atoms with Crippen LogP contribution in [-0.4, -0.2) is 0 Å². The summed E-state index contributed by atoms with van der Waals surface area (Å²) < 4.78 is 0. The van der Waals surface area contributed by atoms with Gasteiger partial charge in [-0.05, 0) is 24.7 Å². The molecule has 0 radical (unpaired) electrons. The molecule has 0 unspecified atom stereocenters. The maximum Gasteiger partial charge on any atom is 0 e. The Hall–Kier alpha value is -1.08. The molecule has 1 aliphatic rings. The van der Waals surface area contributed by atoms with Gasteiger partial charge in [-0.15, -0.1) is 34.5 Å². The van der Waals surface area contributed by atoms with E-state index in [1.54, 1.807) is 11.1 Å². The first-order valence-corrected chi connectivity index (χ1v) is 7.85. The summed E-state index contributed by atoms with van der Waals surface area (Å²) in [6.45, 7) is 4.76. The van der Waals surface area contributed by atoms with Crippen molar-refractivity contribution in [2.45, 2.75) is 33.1 Å². The van der Waals surface area contributed by atoms with Gasteiger partial charge in [0.15, 0.2) is 0 Å². The van der Waals surface area contributed by atoms with E-state index in [9.17, 15) is 0 Å². The van der Waals surface area contributed by atoms with E-state index in [2.05, 4.69) is 68.4 Å². The second-order valence-corrected chi connectivity index (χ2v) is 7.25. The Bertz CT molecular complexity index is 794.